The number of carbonyl (C=O) groups is 2. The number of rotatable bonds is 6. The Kier molecular flexibility index (Phi) is 6.34. The molecule has 0 bridgehead atoms. The fourth-order valence-corrected chi connectivity index (χ4v) is 3.23. The third-order valence-corrected chi connectivity index (χ3v) is 4.90. The molecule has 0 spiro atoms. The van der Waals surface area contributed by atoms with Crippen molar-refractivity contribution in [3.8, 4) is 0 Å². The fraction of sp³-hybridized carbons (Fsp3) is 0.227. The summed E-state index contributed by atoms with van der Waals surface area (Å²) in [6.45, 7) is 2.57. The van der Waals surface area contributed by atoms with Gasteiger partial charge in [-0.25, -0.2) is 0 Å². The molecule has 1 aromatic heterocycles. The van der Waals surface area contributed by atoms with Gasteiger partial charge in [0.15, 0.2) is 0 Å². The van der Waals surface area contributed by atoms with Crippen molar-refractivity contribution >= 4 is 29.1 Å². The molecule has 3 aromatic rings. The van der Waals surface area contributed by atoms with E-state index in [0.29, 0.717) is 34.8 Å². The van der Waals surface area contributed by atoms with Crippen LogP contribution < -0.4 is 5.32 Å². The van der Waals surface area contributed by atoms with Crippen LogP contribution in [0.4, 0.5) is 5.69 Å². The second kappa shape index (κ2) is 8.92. The van der Waals surface area contributed by atoms with Crippen LogP contribution in [0.15, 0.2) is 54.7 Å². The van der Waals surface area contributed by atoms with Crippen molar-refractivity contribution in [3.63, 3.8) is 0 Å². The van der Waals surface area contributed by atoms with E-state index in [-0.39, 0.29) is 11.8 Å². The highest BCUT2D eigenvalue weighted by molar-refractivity contribution is 6.34. The molecule has 0 aliphatic carbocycles. The summed E-state index contributed by atoms with van der Waals surface area (Å²) in [6.07, 6.45) is 2.22. The molecule has 0 aliphatic rings. The highest BCUT2D eigenvalue weighted by atomic mass is 35.5. The van der Waals surface area contributed by atoms with Crippen LogP contribution in [0.5, 0.6) is 0 Å². The maximum Gasteiger partial charge on any atom is 0.259 e. The van der Waals surface area contributed by atoms with Gasteiger partial charge in [-0.05, 0) is 30.2 Å². The first-order chi connectivity index (χ1) is 13.9. The maximum atomic E-state index is 12.9. The predicted octanol–water partition coefficient (Wildman–Crippen LogP) is 4.10. The lowest BCUT2D eigenvalue weighted by Gasteiger charge is -2.13. The van der Waals surface area contributed by atoms with Gasteiger partial charge in [-0.15, -0.1) is 0 Å². The molecule has 29 heavy (non-hydrogen) atoms. The van der Waals surface area contributed by atoms with Crippen LogP contribution in [-0.2, 0) is 13.0 Å². The average molecular weight is 411 g/mol. The number of hydrogen-bond acceptors (Lipinski definition) is 3. The van der Waals surface area contributed by atoms with Crippen LogP contribution in [0.1, 0.15) is 38.9 Å². The molecular formula is C22H23ClN4O2. The zero-order valence-electron chi connectivity index (χ0n) is 16.6. The highest BCUT2D eigenvalue weighted by Crippen LogP contribution is 2.25. The van der Waals surface area contributed by atoms with Crippen molar-refractivity contribution in [2.45, 2.75) is 19.9 Å². The van der Waals surface area contributed by atoms with E-state index < -0.39 is 0 Å². The van der Waals surface area contributed by atoms with Crippen LogP contribution >= 0.6 is 11.6 Å². The summed E-state index contributed by atoms with van der Waals surface area (Å²) in [4.78, 5) is 26.6. The van der Waals surface area contributed by atoms with E-state index in [4.69, 9.17) is 11.6 Å². The zero-order valence-corrected chi connectivity index (χ0v) is 17.4. The van der Waals surface area contributed by atoms with Crippen LogP contribution in [0.25, 0.3) is 0 Å². The van der Waals surface area contributed by atoms with Gasteiger partial charge in [0, 0.05) is 19.7 Å². The molecule has 1 heterocycles. The summed E-state index contributed by atoms with van der Waals surface area (Å²) in [5.41, 5.74) is 3.27. The van der Waals surface area contributed by atoms with Crippen LogP contribution in [0.2, 0.25) is 5.02 Å². The van der Waals surface area contributed by atoms with Gasteiger partial charge in [0.05, 0.1) is 34.7 Å². The van der Waals surface area contributed by atoms with Crippen LogP contribution in [-0.4, -0.2) is 40.6 Å². The van der Waals surface area contributed by atoms with E-state index in [9.17, 15) is 9.59 Å². The second-order valence-electron chi connectivity index (χ2n) is 6.85. The topological polar surface area (TPSA) is 67.2 Å². The molecule has 0 aliphatic heterocycles. The van der Waals surface area contributed by atoms with E-state index >= 15 is 0 Å². The quantitative estimate of drug-likeness (QED) is 0.665. The van der Waals surface area contributed by atoms with Gasteiger partial charge in [0.1, 0.15) is 0 Å². The Balaban J connectivity index is 1.84. The Labute approximate surface area is 175 Å². The number of amides is 2. The van der Waals surface area contributed by atoms with Gasteiger partial charge in [0.25, 0.3) is 11.8 Å². The Morgan fingerprint density at radius 1 is 1.14 bits per heavy atom. The molecule has 150 valence electrons. The molecule has 2 amide bonds. The van der Waals surface area contributed by atoms with E-state index in [1.807, 2.05) is 41.9 Å². The van der Waals surface area contributed by atoms with Crippen molar-refractivity contribution in [3.05, 3.63) is 82.1 Å². The highest BCUT2D eigenvalue weighted by Gasteiger charge is 2.18. The Morgan fingerprint density at radius 3 is 2.52 bits per heavy atom. The number of nitrogens with zero attached hydrogens (tertiary/aromatic N) is 3. The molecule has 0 saturated carbocycles. The summed E-state index contributed by atoms with van der Waals surface area (Å²) < 4.78 is 1.83. The first-order valence-corrected chi connectivity index (χ1v) is 9.69. The van der Waals surface area contributed by atoms with E-state index in [1.165, 1.54) is 4.90 Å². The Morgan fingerprint density at radius 2 is 1.86 bits per heavy atom. The van der Waals surface area contributed by atoms with Gasteiger partial charge in [0.2, 0.25) is 0 Å². The number of carbonyl (C=O) groups excluding carboxylic acids is 2. The van der Waals surface area contributed by atoms with Crippen molar-refractivity contribution in [2.75, 3.05) is 19.4 Å². The number of halogens is 1. The monoisotopic (exact) mass is 410 g/mol. The SMILES string of the molecule is CCc1c(C(=O)Nc2cc(C(=O)N(C)C)ccc2Cl)cnn1Cc1ccccc1. The van der Waals surface area contributed by atoms with E-state index in [1.54, 1.807) is 38.5 Å². The molecule has 7 heteroatoms. The standard InChI is InChI=1S/C22H23ClN4O2/c1-4-20-17(13-24-27(20)14-15-8-6-5-7-9-15)21(28)25-19-12-16(10-11-18(19)23)22(29)26(2)3/h5-13H,4,14H2,1-3H3,(H,25,28). The number of anilines is 1. The smallest absolute Gasteiger partial charge is 0.259 e. The molecule has 0 saturated heterocycles. The third kappa shape index (κ3) is 4.66. The summed E-state index contributed by atoms with van der Waals surface area (Å²) in [6, 6.07) is 14.8. The van der Waals surface area contributed by atoms with Crippen LogP contribution in [0, 0.1) is 0 Å². The lowest BCUT2D eigenvalue weighted by Crippen LogP contribution is -2.22. The maximum absolute atomic E-state index is 12.9. The van der Waals surface area contributed by atoms with Crippen LogP contribution in [0.3, 0.4) is 0 Å². The van der Waals surface area contributed by atoms with Gasteiger partial charge >= 0.3 is 0 Å². The zero-order chi connectivity index (χ0) is 21.0. The van der Waals surface area contributed by atoms with Gasteiger partial charge in [-0.1, -0.05) is 48.9 Å². The molecule has 3 rings (SSSR count). The summed E-state index contributed by atoms with van der Waals surface area (Å²) in [5, 5.41) is 7.58. The molecule has 0 fully saturated rings. The lowest BCUT2D eigenvalue weighted by molar-refractivity contribution is 0.0827. The number of hydrogen-bond donors (Lipinski definition) is 1. The molecule has 0 unspecified atom stereocenters. The van der Waals surface area contributed by atoms with Crippen molar-refractivity contribution in [1.82, 2.24) is 14.7 Å². The van der Waals surface area contributed by atoms with Crippen molar-refractivity contribution in [2.24, 2.45) is 0 Å². The minimum Gasteiger partial charge on any atom is -0.345 e. The summed E-state index contributed by atoms with van der Waals surface area (Å²) >= 11 is 6.24. The minimum absolute atomic E-state index is 0.165. The Bertz CT molecular complexity index is 1030. The molecule has 6 nitrogen and oxygen atoms in total. The lowest BCUT2D eigenvalue weighted by atomic mass is 10.1. The van der Waals surface area contributed by atoms with Gasteiger partial charge < -0.3 is 10.2 Å². The third-order valence-electron chi connectivity index (χ3n) is 4.57. The van der Waals surface area contributed by atoms with Crippen molar-refractivity contribution in [1.29, 1.82) is 0 Å². The Hall–Kier alpha value is -3.12. The van der Waals surface area contributed by atoms with Gasteiger partial charge in [-0.2, -0.15) is 5.10 Å². The first kappa shape index (κ1) is 20.6. The first-order valence-electron chi connectivity index (χ1n) is 9.31. The number of aromatic nitrogens is 2. The van der Waals surface area contributed by atoms with E-state index in [0.717, 1.165) is 11.3 Å². The predicted molar refractivity (Wildman–Crippen MR) is 115 cm³/mol. The molecule has 2 aromatic carbocycles. The molecular weight excluding hydrogens is 388 g/mol. The second-order valence-corrected chi connectivity index (χ2v) is 7.26. The summed E-state index contributed by atoms with van der Waals surface area (Å²) in [5.74, 6) is -0.473. The molecule has 1 N–H and O–H groups in total. The summed E-state index contributed by atoms with van der Waals surface area (Å²) in [7, 11) is 3.34. The normalized spacial score (nSPS) is 10.6. The molecule has 0 radical (unpaired) electrons. The fourth-order valence-electron chi connectivity index (χ4n) is 3.07. The average Bonchev–Trinajstić information content (AvgIpc) is 3.12. The number of nitrogens with one attached hydrogen (secondary N) is 1. The number of benzene rings is 2. The minimum atomic E-state index is -0.308. The van der Waals surface area contributed by atoms with E-state index in [2.05, 4.69) is 10.4 Å². The van der Waals surface area contributed by atoms with Crippen molar-refractivity contribution < 1.29 is 9.59 Å². The molecule has 0 atom stereocenters. The van der Waals surface area contributed by atoms with Gasteiger partial charge in [-0.3, -0.25) is 14.3 Å². The largest absolute Gasteiger partial charge is 0.345 e.